The maximum Gasteiger partial charge on any atom is 0.333 e. The van der Waals surface area contributed by atoms with E-state index in [1.54, 1.807) is 0 Å². The molecule has 0 aromatic carbocycles. The molecule has 0 N–H and O–H groups in total. The van der Waals surface area contributed by atoms with Crippen molar-refractivity contribution in [2.45, 2.75) is 46.0 Å². The monoisotopic (exact) mass is 212 g/mol. The van der Waals surface area contributed by atoms with E-state index in [0.29, 0.717) is 18.6 Å². The molecule has 2 heteroatoms. The Hall–Kier alpha value is -1.05. The summed E-state index contributed by atoms with van der Waals surface area (Å²) in [5, 5.41) is 0. The molecule has 15 heavy (non-hydrogen) atoms. The van der Waals surface area contributed by atoms with E-state index in [1.165, 1.54) is 12.8 Å². The quantitative estimate of drug-likeness (QED) is 0.277. The van der Waals surface area contributed by atoms with Gasteiger partial charge in [0, 0.05) is 5.57 Å². The highest BCUT2D eigenvalue weighted by molar-refractivity contribution is 5.87. The number of ether oxygens (including phenoxy) is 1. The maximum atomic E-state index is 11.1. The molecule has 0 atom stereocenters. The average molecular weight is 212 g/mol. The molecule has 0 spiro atoms. The number of hydrogen-bond donors (Lipinski definition) is 0. The summed E-state index contributed by atoms with van der Waals surface area (Å²) in [7, 11) is 0. The highest BCUT2D eigenvalue weighted by Gasteiger charge is 2.04. The van der Waals surface area contributed by atoms with Crippen molar-refractivity contribution in [1.82, 2.24) is 0 Å². The fraction of sp³-hybridized carbons (Fsp3) is 0.615. The Morgan fingerprint density at radius 3 is 2.20 bits per heavy atom. The summed E-state index contributed by atoms with van der Waals surface area (Å²) in [6.07, 6.45) is 5.20. The van der Waals surface area contributed by atoms with E-state index in [9.17, 15) is 4.79 Å². The molecule has 0 aliphatic heterocycles. The minimum absolute atomic E-state index is 0.237. The van der Waals surface area contributed by atoms with Crippen molar-refractivity contribution in [1.29, 1.82) is 0 Å². The van der Waals surface area contributed by atoms with Crippen LogP contribution in [0, 0.1) is 0 Å². The summed E-state index contributed by atoms with van der Waals surface area (Å²) >= 11 is 0. The van der Waals surface area contributed by atoms with Crippen LogP contribution in [0.25, 0.3) is 0 Å². The lowest BCUT2D eigenvalue weighted by Gasteiger charge is -2.04. The smallest absolute Gasteiger partial charge is 0.333 e. The fourth-order valence-corrected chi connectivity index (χ4v) is 0.940. The van der Waals surface area contributed by atoms with E-state index in [-0.39, 0.29) is 5.97 Å². The number of esters is 1. The van der Waals surface area contributed by atoms with Crippen LogP contribution in [0.1, 0.15) is 46.0 Å². The summed E-state index contributed by atoms with van der Waals surface area (Å²) in [5.74, 6) is -0.237. The van der Waals surface area contributed by atoms with Gasteiger partial charge in [0.25, 0.3) is 0 Å². The van der Waals surface area contributed by atoms with E-state index in [2.05, 4.69) is 26.7 Å². The topological polar surface area (TPSA) is 26.3 Å². The van der Waals surface area contributed by atoms with Crippen molar-refractivity contribution < 1.29 is 9.53 Å². The third-order valence-corrected chi connectivity index (χ3v) is 1.95. The fourth-order valence-electron chi connectivity index (χ4n) is 0.940. The zero-order valence-electron chi connectivity index (χ0n) is 10.2. The molecule has 0 heterocycles. The van der Waals surface area contributed by atoms with Gasteiger partial charge in [0.15, 0.2) is 0 Å². The van der Waals surface area contributed by atoms with E-state index >= 15 is 0 Å². The molecule has 0 aromatic heterocycles. The van der Waals surface area contributed by atoms with E-state index in [1.807, 2.05) is 6.92 Å². The zero-order chi connectivity index (χ0) is 12.1. The Kier molecular flexibility index (Phi) is 14.1. The lowest BCUT2D eigenvalue weighted by Crippen LogP contribution is -2.07. The van der Waals surface area contributed by atoms with Crippen LogP contribution in [0.5, 0.6) is 0 Å². The van der Waals surface area contributed by atoms with Gasteiger partial charge in [-0.25, -0.2) is 4.79 Å². The molecule has 2 nitrogen and oxygen atoms in total. The number of unbranched alkanes of at least 4 members (excludes halogenated alkanes) is 3. The summed E-state index contributed by atoms with van der Waals surface area (Å²) in [6, 6.07) is 0. The van der Waals surface area contributed by atoms with Crippen molar-refractivity contribution >= 4 is 5.97 Å². The normalized spacial score (nSPS) is 8.67. The molecule has 0 fully saturated rings. The van der Waals surface area contributed by atoms with E-state index < -0.39 is 0 Å². The predicted molar refractivity (Wildman–Crippen MR) is 65.8 cm³/mol. The van der Waals surface area contributed by atoms with Gasteiger partial charge in [0.1, 0.15) is 0 Å². The molecule has 0 aromatic rings. The van der Waals surface area contributed by atoms with Gasteiger partial charge in [-0.05, 0) is 12.8 Å². The average Bonchev–Trinajstić information content (AvgIpc) is 2.30. The third-order valence-electron chi connectivity index (χ3n) is 1.95. The zero-order valence-corrected chi connectivity index (χ0v) is 10.2. The van der Waals surface area contributed by atoms with Crippen LogP contribution in [0.3, 0.4) is 0 Å². The minimum atomic E-state index is -0.237. The molecule has 0 unspecified atom stereocenters. The van der Waals surface area contributed by atoms with Crippen LogP contribution in [-0.4, -0.2) is 12.6 Å². The Balaban J connectivity index is 0. The Bertz CT molecular complexity index is 173. The van der Waals surface area contributed by atoms with Crippen LogP contribution in [-0.2, 0) is 9.53 Å². The lowest BCUT2D eigenvalue weighted by atomic mass is 10.2. The molecular formula is C13H24O2. The molecule has 0 aliphatic carbocycles. The van der Waals surface area contributed by atoms with Crippen molar-refractivity contribution in [3.05, 3.63) is 25.3 Å². The first kappa shape index (κ1) is 16.4. The largest absolute Gasteiger partial charge is 0.462 e. The van der Waals surface area contributed by atoms with Crippen molar-refractivity contribution in [2.75, 3.05) is 6.61 Å². The molecule has 0 saturated heterocycles. The van der Waals surface area contributed by atoms with Gasteiger partial charge in [-0.1, -0.05) is 39.7 Å². The first-order valence-electron chi connectivity index (χ1n) is 5.57. The van der Waals surface area contributed by atoms with Gasteiger partial charge in [0.05, 0.1) is 6.61 Å². The Morgan fingerprint density at radius 1 is 1.13 bits per heavy atom. The maximum absolute atomic E-state index is 11.1. The van der Waals surface area contributed by atoms with Crippen molar-refractivity contribution in [2.24, 2.45) is 0 Å². The van der Waals surface area contributed by atoms with Gasteiger partial charge in [-0.15, -0.1) is 13.2 Å². The summed E-state index contributed by atoms with van der Waals surface area (Å²) in [5.41, 5.74) is 0.565. The molecule has 0 saturated carbocycles. The number of carbonyl (C=O) groups is 1. The molecule has 88 valence electrons. The molecule has 0 radical (unpaired) electrons. The molecule has 0 amide bonds. The van der Waals surface area contributed by atoms with Gasteiger partial charge in [0.2, 0.25) is 0 Å². The third kappa shape index (κ3) is 10.9. The van der Waals surface area contributed by atoms with Gasteiger partial charge < -0.3 is 4.74 Å². The second-order valence-corrected chi connectivity index (χ2v) is 3.15. The molecule has 0 rings (SSSR count). The van der Waals surface area contributed by atoms with Crippen LogP contribution in [0.15, 0.2) is 25.3 Å². The van der Waals surface area contributed by atoms with E-state index in [0.717, 1.165) is 12.8 Å². The minimum Gasteiger partial charge on any atom is -0.462 e. The first-order chi connectivity index (χ1) is 7.22. The van der Waals surface area contributed by atoms with Crippen LogP contribution < -0.4 is 0 Å². The molecule has 0 aliphatic rings. The lowest BCUT2D eigenvalue weighted by molar-refractivity contribution is -0.139. The number of rotatable bonds is 7. The molecule has 0 bridgehead atoms. The highest BCUT2D eigenvalue weighted by atomic mass is 16.5. The number of carbonyl (C=O) groups excluding carboxylic acids is 1. The summed E-state index contributed by atoms with van der Waals surface area (Å²) in [4.78, 5) is 11.1. The second-order valence-electron chi connectivity index (χ2n) is 3.15. The second kappa shape index (κ2) is 12.9. The first-order valence-corrected chi connectivity index (χ1v) is 5.57. The van der Waals surface area contributed by atoms with Gasteiger partial charge >= 0.3 is 5.97 Å². The van der Waals surface area contributed by atoms with Crippen LogP contribution >= 0.6 is 0 Å². The standard InChI is InChI=1S/C11H20O2.C2H4/c1-4-6-7-8-9-13-11(12)10(3)5-2;1-2/h3-9H2,1-2H3;1-2H2. The van der Waals surface area contributed by atoms with Crippen molar-refractivity contribution in [3.8, 4) is 0 Å². The Morgan fingerprint density at radius 2 is 1.73 bits per heavy atom. The SMILES string of the molecule is C=C.C=C(CC)C(=O)OCCCCCC. The summed E-state index contributed by atoms with van der Waals surface area (Å²) in [6.45, 7) is 14.2. The molecular weight excluding hydrogens is 188 g/mol. The Labute approximate surface area is 94.0 Å². The van der Waals surface area contributed by atoms with Crippen LogP contribution in [0.4, 0.5) is 0 Å². The summed E-state index contributed by atoms with van der Waals surface area (Å²) < 4.78 is 5.00. The van der Waals surface area contributed by atoms with Crippen molar-refractivity contribution in [3.63, 3.8) is 0 Å². The van der Waals surface area contributed by atoms with Crippen LogP contribution in [0.2, 0.25) is 0 Å². The van der Waals surface area contributed by atoms with Gasteiger partial charge in [-0.2, -0.15) is 0 Å². The van der Waals surface area contributed by atoms with E-state index in [4.69, 9.17) is 4.74 Å². The number of hydrogen-bond acceptors (Lipinski definition) is 2. The van der Waals surface area contributed by atoms with Gasteiger partial charge in [-0.3, -0.25) is 0 Å². The predicted octanol–water partition coefficient (Wildman–Crippen LogP) is 3.88. The highest BCUT2D eigenvalue weighted by Crippen LogP contribution is 2.03.